The number of rotatable bonds is 5. The lowest BCUT2D eigenvalue weighted by Crippen LogP contribution is -2.49. The van der Waals surface area contributed by atoms with Crippen LogP contribution in [0.25, 0.3) is 22.4 Å². The van der Waals surface area contributed by atoms with E-state index in [1.807, 2.05) is 17.9 Å². The van der Waals surface area contributed by atoms with E-state index in [0.717, 1.165) is 0 Å². The zero-order valence-corrected chi connectivity index (χ0v) is 19.1. The van der Waals surface area contributed by atoms with Gasteiger partial charge in [-0.15, -0.1) is 0 Å². The molecule has 1 aliphatic rings. The number of piperazine rings is 1. The monoisotopic (exact) mass is 479 g/mol. The molecule has 0 bridgehead atoms. The summed E-state index contributed by atoms with van der Waals surface area (Å²) in [4.78, 5) is 29.0. The summed E-state index contributed by atoms with van der Waals surface area (Å²) in [6, 6.07) is 11.5. The maximum atomic E-state index is 13.3. The Balaban J connectivity index is 1.37. The fourth-order valence-corrected chi connectivity index (χ4v) is 5.62. The summed E-state index contributed by atoms with van der Waals surface area (Å²) in [5.74, 6) is 1.04. The summed E-state index contributed by atoms with van der Waals surface area (Å²) in [5, 5.41) is 11.7. The number of nitro benzene ring substituents is 1. The van der Waals surface area contributed by atoms with Crippen LogP contribution < -0.4 is 4.90 Å². The highest BCUT2D eigenvalue weighted by Crippen LogP contribution is 2.27. The number of non-ortho nitro benzene ring substituents is 1. The third-order valence-corrected chi connectivity index (χ3v) is 7.69. The van der Waals surface area contributed by atoms with Gasteiger partial charge < -0.3 is 9.88 Å². The van der Waals surface area contributed by atoms with Crippen molar-refractivity contribution in [1.82, 2.24) is 24.2 Å². The SMILES string of the molecule is Cc1cc(N2CCN(S(=O)(=O)c3c[nH]c4ncccc34)CC2)nc(-c2cccc([N+](=O)[O-])c2)n1. The van der Waals surface area contributed by atoms with E-state index in [2.05, 4.69) is 19.9 Å². The molecule has 0 spiro atoms. The molecule has 12 heteroatoms. The van der Waals surface area contributed by atoms with Crippen molar-refractivity contribution in [3.05, 3.63) is 70.7 Å². The number of H-pyrrole nitrogens is 1. The Morgan fingerprint density at radius 3 is 2.62 bits per heavy atom. The predicted molar refractivity (Wildman–Crippen MR) is 126 cm³/mol. The van der Waals surface area contributed by atoms with E-state index in [1.165, 1.54) is 22.6 Å². The van der Waals surface area contributed by atoms with Crippen LogP contribution in [0.3, 0.4) is 0 Å². The summed E-state index contributed by atoms with van der Waals surface area (Å²) < 4.78 is 28.0. The number of hydrogen-bond acceptors (Lipinski definition) is 8. The number of nitrogens with zero attached hydrogens (tertiary/aromatic N) is 6. The molecular formula is C22H21N7O4S. The Kier molecular flexibility index (Phi) is 5.46. The zero-order valence-electron chi connectivity index (χ0n) is 18.2. The van der Waals surface area contributed by atoms with Crippen LogP contribution in [0, 0.1) is 17.0 Å². The topological polar surface area (TPSA) is 138 Å². The van der Waals surface area contributed by atoms with Crippen LogP contribution in [-0.4, -0.2) is 63.8 Å². The number of nitro groups is 1. The van der Waals surface area contributed by atoms with Gasteiger partial charge in [-0.2, -0.15) is 4.31 Å². The molecule has 1 aliphatic heterocycles. The molecule has 3 aromatic heterocycles. The number of pyridine rings is 1. The number of hydrogen-bond donors (Lipinski definition) is 1. The number of anilines is 1. The minimum atomic E-state index is -3.68. The number of aromatic amines is 1. The maximum Gasteiger partial charge on any atom is 0.270 e. The molecule has 4 aromatic rings. The number of benzene rings is 1. The average molecular weight is 480 g/mol. The van der Waals surface area contributed by atoms with Crippen LogP contribution >= 0.6 is 0 Å². The van der Waals surface area contributed by atoms with Crippen molar-refractivity contribution in [2.45, 2.75) is 11.8 Å². The van der Waals surface area contributed by atoms with Crippen molar-refractivity contribution < 1.29 is 13.3 Å². The molecule has 5 rings (SSSR count). The van der Waals surface area contributed by atoms with Crippen LogP contribution in [-0.2, 0) is 10.0 Å². The largest absolute Gasteiger partial charge is 0.354 e. The van der Waals surface area contributed by atoms with Crippen LogP contribution in [0.1, 0.15) is 5.69 Å². The minimum Gasteiger partial charge on any atom is -0.354 e. The van der Waals surface area contributed by atoms with Crippen molar-refractivity contribution in [2.75, 3.05) is 31.1 Å². The summed E-state index contributed by atoms with van der Waals surface area (Å²) in [6.45, 7) is 3.32. The highest BCUT2D eigenvalue weighted by molar-refractivity contribution is 7.89. The lowest BCUT2D eigenvalue weighted by Gasteiger charge is -2.34. The number of fused-ring (bicyclic) bond motifs is 1. The summed E-state index contributed by atoms with van der Waals surface area (Å²) in [7, 11) is -3.68. The lowest BCUT2D eigenvalue weighted by atomic mass is 10.2. The van der Waals surface area contributed by atoms with Crippen molar-refractivity contribution in [3.8, 4) is 11.4 Å². The molecule has 174 valence electrons. The molecule has 1 aromatic carbocycles. The number of sulfonamides is 1. The highest BCUT2D eigenvalue weighted by Gasteiger charge is 2.31. The lowest BCUT2D eigenvalue weighted by molar-refractivity contribution is -0.384. The Hall–Kier alpha value is -3.90. The fraction of sp³-hybridized carbons (Fsp3) is 0.227. The van der Waals surface area contributed by atoms with E-state index < -0.39 is 14.9 Å². The van der Waals surface area contributed by atoms with E-state index in [4.69, 9.17) is 0 Å². The van der Waals surface area contributed by atoms with Crippen LogP contribution in [0.4, 0.5) is 11.5 Å². The molecule has 4 heterocycles. The van der Waals surface area contributed by atoms with E-state index >= 15 is 0 Å². The summed E-state index contributed by atoms with van der Waals surface area (Å²) in [5.41, 5.74) is 1.77. The van der Waals surface area contributed by atoms with Gasteiger partial charge in [0.25, 0.3) is 5.69 Å². The molecule has 1 N–H and O–H groups in total. The van der Waals surface area contributed by atoms with Gasteiger partial charge in [0.1, 0.15) is 16.4 Å². The first-order valence-corrected chi connectivity index (χ1v) is 12.0. The van der Waals surface area contributed by atoms with Crippen molar-refractivity contribution in [2.24, 2.45) is 0 Å². The molecule has 1 saturated heterocycles. The van der Waals surface area contributed by atoms with Gasteiger partial charge >= 0.3 is 0 Å². The maximum absolute atomic E-state index is 13.3. The van der Waals surface area contributed by atoms with Gasteiger partial charge in [-0.25, -0.2) is 23.4 Å². The number of aromatic nitrogens is 4. The first-order chi connectivity index (χ1) is 16.3. The Morgan fingerprint density at radius 2 is 1.85 bits per heavy atom. The average Bonchev–Trinajstić information content (AvgIpc) is 3.29. The summed E-state index contributed by atoms with van der Waals surface area (Å²) >= 11 is 0. The van der Waals surface area contributed by atoms with Crippen LogP contribution in [0.2, 0.25) is 0 Å². The minimum absolute atomic E-state index is 0.0320. The van der Waals surface area contributed by atoms with Gasteiger partial charge in [-0.05, 0) is 19.1 Å². The summed E-state index contributed by atoms with van der Waals surface area (Å²) in [6.07, 6.45) is 3.10. The number of aryl methyl sites for hydroxylation is 1. The van der Waals surface area contributed by atoms with Gasteiger partial charge in [0.2, 0.25) is 10.0 Å². The molecule has 0 atom stereocenters. The predicted octanol–water partition coefficient (Wildman–Crippen LogP) is 2.75. The second-order valence-electron chi connectivity index (χ2n) is 7.94. The van der Waals surface area contributed by atoms with Gasteiger partial charge in [-0.3, -0.25) is 10.1 Å². The quantitative estimate of drug-likeness (QED) is 0.341. The van der Waals surface area contributed by atoms with Gasteiger partial charge in [0.05, 0.1) is 4.92 Å². The van der Waals surface area contributed by atoms with Gasteiger partial charge in [-0.1, -0.05) is 12.1 Å². The molecule has 34 heavy (non-hydrogen) atoms. The molecule has 0 unspecified atom stereocenters. The van der Waals surface area contributed by atoms with Gasteiger partial charge in [0.15, 0.2) is 5.82 Å². The molecule has 0 amide bonds. The fourth-order valence-electron chi connectivity index (χ4n) is 4.04. The molecular weight excluding hydrogens is 458 g/mol. The second-order valence-corrected chi connectivity index (χ2v) is 9.85. The standard InChI is InChI=1S/C22H21N7O4S/c1-15-12-20(26-21(25-15)16-4-2-5-17(13-16)29(30)31)27-8-10-28(11-9-27)34(32,33)19-14-24-22-18(19)6-3-7-23-22/h2-7,12-14H,8-11H2,1H3,(H,23,24). The Morgan fingerprint density at radius 1 is 1.06 bits per heavy atom. The first kappa shape index (κ1) is 21.9. The van der Waals surface area contributed by atoms with Gasteiger partial charge in [0, 0.05) is 73.4 Å². The second kappa shape index (κ2) is 8.47. The van der Waals surface area contributed by atoms with E-state index in [0.29, 0.717) is 60.1 Å². The molecule has 0 saturated carbocycles. The van der Waals surface area contributed by atoms with E-state index in [1.54, 1.807) is 30.5 Å². The van der Waals surface area contributed by atoms with E-state index in [-0.39, 0.29) is 10.6 Å². The highest BCUT2D eigenvalue weighted by atomic mass is 32.2. The molecule has 0 radical (unpaired) electrons. The smallest absolute Gasteiger partial charge is 0.270 e. The third-order valence-electron chi connectivity index (χ3n) is 5.75. The van der Waals surface area contributed by atoms with Crippen molar-refractivity contribution in [1.29, 1.82) is 0 Å². The normalized spacial score (nSPS) is 15.0. The zero-order chi connectivity index (χ0) is 23.9. The third kappa shape index (κ3) is 3.97. The van der Waals surface area contributed by atoms with Crippen molar-refractivity contribution in [3.63, 3.8) is 0 Å². The molecule has 1 fully saturated rings. The number of nitrogens with one attached hydrogen (secondary N) is 1. The molecule has 11 nitrogen and oxygen atoms in total. The van der Waals surface area contributed by atoms with Crippen LogP contribution in [0.15, 0.2) is 59.8 Å². The Bertz CT molecular complexity index is 1490. The van der Waals surface area contributed by atoms with Crippen LogP contribution in [0.5, 0.6) is 0 Å². The first-order valence-electron chi connectivity index (χ1n) is 10.6. The van der Waals surface area contributed by atoms with Crippen molar-refractivity contribution >= 4 is 32.6 Å². The molecule has 0 aliphatic carbocycles. The van der Waals surface area contributed by atoms with E-state index in [9.17, 15) is 18.5 Å². The Labute approximate surface area is 195 Å².